The van der Waals surface area contributed by atoms with Crippen molar-refractivity contribution in [2.45, 2.75) is 12.6 Å². The van der Waals surface area contributed by atoms with Crippen molar-refractivity contribution in [1.29, 1.82) is 5.26 Å². The standard InChI is InChI=1S/C14H9F3N2/c15-14(16,17)11-4-1-3-10(9-11)13-6-2-5-12(19-13)7-8-18/h1-6,9H,7H2. The van der Waals surface area contributed by atoms with E-state index in [0.717, 1.165) is 12.1 Å². The van der Waals surface area contributed by atoms with Crippen LogP contribution in [-0.4, -0.2) is 4.98 Å². The van der Waals surface area contributed by atoms with E-state index in [1.54, 1.807) is 24.3 Å². The van der Waals surface area contributed by atoms with Crippen LogP contribution in [0.25, 0.3) is 11.3 Å². The van der Waals surface area contributed by atoms with Crippen molar-refractivity contribution in [2.24, 2.45) is 0 Å². The monoisotopic (exact) mass is 262 g/mol. The number of alkyl halides is 3. The smallest absolute Gasteiger partial charge is 0.252 e. The van der Waals surface area contributed by atoms with Gasteiger partial charge in [0.1, 0.15) is 0 Å². The first-order valence-corrected chi connectivity index (χ1v) is 5.51. The molecule has 0 bridgehead atoms. The van der Waals surface area contributed by atoms with Crippen LogP contribution in [0.1, 0.15) is 11.3 Å². The molecule has 0 spiro atoms. The van der Waals surface area contributed by atoms with E-state index in [0.29, 0.717) is 17.0 Å². The van der Waals surface area contributed by atoms with Gasteiger partial charge in [-0.1, -0.05) is 18.2 Å². The van der Waals surface area contributed by atoms with Crippen LogP contribution in [0.3, 0.4) is 0 Å². The van der Waals surface area contributed by atoms with E-state index in [2.05, 4.69) is 4.98 Å². The Morgan fingerprint density at radius 1 is 1.11 bits per heavy atom. The summed E-state index contributed by atoms with van der Waals surface area (Å²) in [5.74, 6) is 0. The molecule has 96 valence electrons. The minimum atomic E-state index is -4.37. The minimum Gasteiger partial charge on any atom is -0.252 e. The van der Waals surface area contributed by atoms with E-state index in [4.69, 9.17) is 5.26 Å². The molecule has 0 atom stereocenters. The van der Waals surface area contributed by atoms with Gasteiger partial charge < -0.3 is 0 Å². The zero-order chi connectivity index (χ0) is 13.9. The molecule has 5 heteroatoms. The van der Waals surface area contributed by atoms with E-state index in [1.165, 1.54) is 6.07 Å². The van der Waals surface area contributed by atoms with E-state index in [-0.39, 0.29) is 6.42 Å². The van der Waals surface area contributed by atoms with Gasteiger partial charge in [0.25, 0.3) is 0 Å². The SMILES string of the molecule is N#CCc1cccc(-c2cccc(C(F)(F)F)c2)n1. The Hall–Kier alpha value is -2.35. The van der Waals surface area contributed by atoms with Gasteiger partial charge >= 0.3 is 6.18 Å². The van der Waals surface area contributed by atoms with Crippen LogP contribution in [-0.2, 0) is 12.6 Å². The second kappa shape index (κ2) is 5.11. The Kier molecular flexibility index (Phi) is 3.52. The molecule has 2 rings (SSSR count). The summed E-state index contributed by atoms with van der Waals surface area (Å²) in [5, 5.41) is 8.59. The maximum absolute atomic E-state index is 12.6. The molecule has 0 aliphatic heterocycles. The topological polar surface area (TPSA) is 36.7 Å². The van der Waals surface area contributed by atoms with E-state index < -0.39 is 11.7 Å². The molecule has 0 aliphatic rings. The maximum Gasteiger partial charge on any atom is 0.416 e. The lowest BCUT2D eigenvalue weighted by Crippen LogP contribution is -2.04. The highest BCUT2D eigenvalue weighted by Crippen LogP contribution is 2.31. The summed E-state index contributed by atoms with van der Waals surface area (Å²) in [6.07, 6.45) is -4.24. The van der Waals surface area contributed by atoms with Gasteiger partial charge in [-0.2, -0.15) is 18.4 Å². The number of hydrogen-bond acceptors (Lipinski definition) is 2. The van der Waals surface area contributed by atoms with Crippen molar-refractivity contribution in [3.63, 3.8) is 0 Å². The fraction of sp³-hybridized carbons (Fsp3) is 0.143. The van der Waals surface area contributed by atoms with Gasteiger partial charge in [-0.15, -0.1) is 0 Å². The first-order valence-electron chi connectivity index (χ1n) is 5.51. The number of benzene rings is 1. The van der Waals surface area contributed by atoms with Crippen LogP contribution < -0.4 is 0 Å². The molecule has 0 amide bonds. The van der Waals surface area contributed by atoms with Crippen LogP contribution in [0, 0.1) is 11.3 Å². The van der Waals surface area contributed by atoms with Gasteiger partial charge in [-0.05, 0) is 24.3 Å². The number of halogens is 3. The first kappa shape index (κ1) is 13.1. The largest absolute Gasteiger partial charge is 0.416 e. The highest BCUT2D eigenvalue weighted by Gasteiger charge is 2.30. The molecule has 2 aromatic rings. The van der Waals surface area contributed by atoms with Gasteiger partial charge in [0.05, 0.1) is 29.4 Å². The molecule has 2 nitrogen and oxygen atoms in total. The van der Waals surface area contributed by atoms with Crippen molar-refractivity contribution in [3.05, 3.63) is 53.7 Å². The zero-order valence-corrected chi connectivity index (χ0v) is 9.78. The summed E-state index contributed by atoms with van der Waals surface area (Å²) in [5.41, 5.74) is 0.642. The fourth-order valence-electron chi connectivity index (χ4n) is 1.67. The number of hydrogen-bond donors (Lipinski definition) is 0. The minimum absolute atomic E-state index is 0.132. The number of nitrogens with zero attached hydrogens (tertiary/aromatic N) is 2. The number of aromatic nitrogens is 1. The van der Waals surface area contributed by atoms with Crippen molar-refractivity contribution in [2.75, 3.05) is 0 Å². The van der Waals surface area contributed by atoms with Crippen LogP contribution in [0.5, 0.6) is 0 Å². The average molecular weight is 262 g/mol. The highest BCUT2D eigenvalue weighted by molar-refractivity contribution is 5.60. The molecule has 19 heavy (non-hydrogen) atoms. The third-order valence-corrected chi connectivity index (χ3v) is 2.55. The number of pyridine rings is 1. The van der Waals surface area contributed by atoms with Crippen LogP contribution in [0.15, 0.2) is 42.5 Å². The van der Waals surface area contributed by atoms with Crippen molar-refractivity contribution in [3.8, 4) is 17.3 Å². The summed E-state index contributed by atoms with van der Waals surface area (Å²) in [4.78, 5) is 4.17. The molecule has 0 fully saturated rings. The van der Waals surface area contributed by atoms with Crippen LogP contribution in [0.4, 0.5) is 13.2 Å². The zero-order valence-electron chi connectivity index (χ0n) is 9.78. The molecule has 0 radical (unpaired) electrons. The quantitative estimate of drug-likeness (QED) is 0.824. The van der Waals surface area contributed by atoms with Gasteiger partial charge in [-0.3, -0.25) is 4.98 Å². The molecule has 0 saturated heterocycles. The van der Waals surface area contributed by atoms with Crippen LogP contribution in [0.2, 0.25) is 0 Å². The number of rotatable bonds is 2. The molecular weight excluding hydrogens is 253 g/mol. The second-order valence-corrected chi connectivity index (χ2v) is 3.93. The Bertz CT molecular complexity index is 627. The third kappa shape index (κ3) is 3.10. The number of nitriles is 1. The Morgan fingerprint density at radius 2 is 1.84 bits per heavy atom. The Labute approximate surface area is 108 Å². The Morgan fingerprint density at radius 3 is 2.53 bits per heavy atom. The predicted molar refractivity (Wildman–Crippen MR) is 64.0 cm³/mol. The third-order valence-electron chi connectivity index (χ3n) is 2.55. The molecule has 0 aliphatic carbocycles. The lowest BCUT2D eigenvalue weighted by atomic mass is 10.1. The molecule has 1 aromatic carbocycles. The van der Waals surface area contributed by atoms with Crippen molar-refractivity contribution < 1.29 is 13.2 Å². The molecule has 0 unspecified atom stereocenters. The predicted octanol–water partition coefficient (Wildman–Crippen LogP) is 3.83. The van der Waals surface area contributed by atoms with Gasteiger partial charge in [0, 0.05) is 5.56 Å². The average Bonchev–Trinajstić information content (AvgIpc) is 2.39. The first-order chi connectivity index (χ1) is 9.00. The summed E-state index contributed by atoms with van der Waals surface area (Å²) < 4.78 is 37.9. The summed E-state index contributed by atoms with van der Waals surface area (Å²) in [6.45, 7) is 0. The van der Waals surface area contributed by atoms with Gasteiger partial charge in [0.2, 0.25) is 0 Å². The summed E-state index contributed by atoms with van der Waals surface area (Å²) in [6, 6.07) is 11.9. The summed E-state index contributed by atoms with van der Waals surface area (Å²) >= 11 is 0. The lowest BCUT2D eigenvalue weighted by Gasteiger charge is -2.08. The molecule has 0 N–H and O–H groups in total. The second-order valence-electron chi connectivity index (χ2n) is 3.93. The van der Waals surface area contributed by atoms with Crippen LogP contribution >= 0.6 is 0 Å². The van der Waals surface area contributed by atoms with Crippen molar-refractivity contribution in [1.82, 2.24) is 4.98 Å². The lowest BCUT2D eigenvalue weighted by molar-refractivity contribution is -0.137. The molecule has 1 heterocycles. The highest BCUT2D eigenvalue weighted by atomic mass is 19.4. The van der Waals surface area contributed by atoms with Crippen molar-refractivity contribution >= 4 is 0 Å². The molecule has 0 saturated carbocycles. The normalized spacial score (nSPS) is 11.1. The van der Waals surface area contributed by atoms with Gasteiger partial charge in [0.15, 0.2) is 0 Å². The maximum atomic E-state index is 12.6. The van der Waals surface area contributed by atoms with Gasteiger partial charge in [-0.25, -0.2) is 0 Å². The summed E-state index contributed by atoms with van der Waals surface area (Å²) in [7, 11) is 0. The fourth-order valence-corrected chi connectivity index (χ4v) is 1.67. The van der Waals surface area contributed by atoms with E-state index >= 15 is 0 Å². The molecular formula is C14H9F3N2. The molecule has 1 aromatic heterocycles. The van der Waals surface area contributed by atoms with E-state index in [9.17, 15) is 13.2 Å². The van der Waals surface area contributed by atoms with E-state index in [1.807, 2.05) is 6.07 Å². The Balaban J connectivity index is 2.42.